The monoisotopic (exact) mass is 346 g/mol. The molecule has 0 radical (unpaired) electrons. The van der Waals surface area contributed by atoms with Gasteiger partial charge in [-0.05, 0) is 26.0 Å². The molecule has 0 bridgehead atoms. The molecule has 1 fully saturated rings. The zero-order valence-corrected chi connectivity index (χ0v) is 15.0. The number of aromatic nitrogens is 2. The number of ether oxygens (including phenoxy) is 2. The molecule has 2 N–H and O–H groups in total. The summed E-state index contributed by atoms with van der Waals surface area (Å²) in [5.74, 6) is 1.48. The molecule has 7 heteroatoms. The lowest BCUT2D eigenvalue weighted by molar-refractivity contribution is -0.126. The molecule has 2 heterocycles. The lowest BCUT2D eigenvalue weighted by Gasteiger charge is -2.35. The Morgan fingerprint density at radius 3 is 3.12 bits per heavy atom. The maximum atomic E-state index is 12.2. The molecule has 1 saturated heterocycles. The number of carbonyl (C=O) groups is 1. The second-order valence-corrected chi connectivity index (χ2v) is 6.63. The van der Waals surface area contributed by atoms with Crippen molar-refractivity contribution in [2.45, 2.75) is 39.0 Å². The molecule has 0 aliphatic carbocycles. The molecule has 3 rings (SSSR count). The first-order chi connectivity index (χ1) is 12.0. The number of H-pyrrole nitrogens is 1. The average molecular weight is 346 g/mol. The number of imidazole rings is 1. The maximum absolute atomic E-state index is 12.2. The highest BCUT2D eigenvalue weighted by Gasteiger charge is 2.24. The summed E-state index contributed by atoms with van der Waals surface area (Å²) in [5.41, 5.74) is 1.75. The molecule has 1 aliphatic heterocycles. The van der Waals surface area contributed by atoms with Crippen LogP contribution in [-0.4, -0.2) is 59.7 Å². The van der Waals surface area contributed by atoms with E-state index in [1.54, 1.807) is 7.11 Å². The highest BCUT2D eigenvalue weighted by atomic mass is 16.5. The third kappa shape index (κ3) is 4.49. The predicted molar refractivity (Wildman–Crippen MR) is 95.6 cm³/mol. The van der Waals surface area contributed by atoms with Gasteiger partial charge in [0.15, 0.2) is 0 Å². The molecule has 136 valence electrons. The third-order valence-corrected chi connectivity index (χ3v) is 4.50. The topological polar surface area (TPSA) is 79.5 Å². The van der Waals surface area contributed by atoms with E-state index < -0.39 is 0 Å². The van der Waals surface area contributed by atoms with Gasteiger partial charge in [-0.3, -0.25) is 9.69 Å². The minimum Gasteiger partial charge on any atom is -0.497 e. The van der Waals surface area contributed by atoms with Crippen molar-refractivity contribution in [3.05, 3.63) is 24.0 Å². The Kier molecular flexibility index (Phi) is 5.55. The molecule has 7 nitrogen and oxygen atoms in total. The van der Waals surface area contributed by atoms with Gasteiger partial charge in [-0.25, -0.2) is 4.98 Å². The number of nitrogens with one attached hydrogen (secondary N) is 2. The summed E-state index contributed by atoms with van der Waals surface area (Å²) in [6.07, 6.45) is 0.327. The Morgan fingerprint density at radius 2 is 2.36 bits per heavy atom. The average Bonchev–Trinajstić information content (AvgIpc) is 3.02. The molecule has 1 aromatic heterocycles. The van der Waals surface area contributed by atoms with Crippen LogP contribution in [0.4, 0.5) is 0 Å². The number of nitrogens with zero attached hydrogens (tertiary/aromatic N) is 2. The van der Waals surface area contributed by atoms with Crippen LogP contribution in [0.15, 0.2) is 18.2 Å². The molecule has 1 amide bonds. The van der Waals surface area contributed by atoms with E-state index in [4.69, 9.17) is 9.47 Å². The molecule has 0 spiro atoms. The van der Waals surface area contributed by atoms with Crippen LogP contribution in [0, 0.1) is 0 Å². The first kappa shape index (κ1) is 17.7. The smallest absolute Gasteiger partial charge is 0.223 e. The molecular weight excluding hydrogens is 320 g/mol. The van der Waals surface area contributed by atoms with Gasteiger partial charge in [0.2, 0.25) is 5.91 Å². The van der Waals surface area contributed by atoms with Gasteiger partial charge in [-0.2, -0.15) is 0 Å². The number of carbonyl (C=O) groups excluding carboxylic acids is 1. The van der Waals surface area contributed by atoms with Gasteiger partial charge in [-0.1, -0.05) is 0 Å². The lowest BCUT2D eigenvalue weighted by Crippen LogP contribution is -2.47. The van der Waals surface area contributed by atoms with E-state index >= 15 is 0 Å². The quantitative estimate of drug-likeness (QED) is 0.832. The van der Waals surface area contributed by atoms with E-state index in [2.05, 4.69) is 34.0 Å². The molecule has 0 saturated carbocycles. The molecule has 1 aromatic carbocycles. The Labute approximate surface area is 147 Å². The van der Waals surface area contributed by atoms with E-state index in [0.717, 1.165) is 35.7 Å². The van der Waals surface area contributed by atoms with Crippen molar-refractivity contribution in [1.29, 1.82) is 0 Å². The van der Waals surface area contributed by atoms with Crippen LogP contribution in [0.2, 0.25) is 0 Å². The van der Waals surface area contributed by atoms with Gasteiger partial charge >= 0.3 is 0 Å². The normalized spacial score (nSPS) is 18.6. The predicted octanol–water partition coefficient (Wildman–Crippen LogP) is 1.69. The summed E-state index contributed by atoms with van der Waals surface area (Å²) in [7, 11) is 1.63. The molecule has 1 atom stereocenters. The van der Waals surface area contributed by atoms with Gasteiger partial charge in [0.25, 0.3) is 0 Å². The van der Waals surface area contributed by atoms with Crippen LogP contribution >= 0.6 is 0 Å². The Balaban J connectivity index is 1.52. The highest BCUT2D eigenvalue weighted by Crippen LogP contribution is 2.18. The van der Waals surface area contributed by atoms with Crippen molar-refractivity contribution >= 4 is 16.9 Å². The number of amides is 1. The van der Waals surface area contributed by atoms with Crippen molar-refractivity contribution < 1.29 is 14.3 Å². The second-order valence-electron chi connectivity index (χ2n) is 6.63. The summed E-state index contributed by atoms with van der Waals surface area (Å²) in [6, 6.07) is 6.13. The van der Waals surface area contributed by atoms with Crippen LogP contribution in [0.3, 0.4) is 0 Å². The van der Waals surface area contributed by atoms with Crippen molar-refractivity contribution in [3.8, 4) is 5.75 Å². The fraction of sp³-hybridized carbons (Fsp3) is 0.556. The van der Waals surface area contributed by atoms with Crippen LogP contribution in [-0.2, 0) is 16.1 Å². The van der Waals surface area contributed by atoms with Gasteiger partial charge in [-0.15, -0.1) is 0 Å². The van der Waals surface area contributed by atoms with Crippen LogP contribution in [0.25, 0.3) is 11.0 Å². The zero-order valence-electron chi connectivity index (χ0n) is 15.0. The van der Waals surface area contributed by atoms with E-state index in [9.17, 15) is 4.79 Å². The molecule has 1 aliphatic rings. The van der Waals surface area contributed by atoms with Crippen LogP contribution in [0.5, 0.6) is 5.75 Å². The number of morpholine rings is 1. The SMILES string of the molecule is COc1ccc2nc(CNC(=O)CC3CN(C(C)C)CCO3)[nH]c2c1. The van der Waals surface area contributed by atoms with E-state index in [0.29, 0.717) is 25.6 Å². The van der Waals surface area contributed by atoms with Gasteiger partial charge < -0.3 is 19.8 Å². The Bertz CT molecular complexity index is 728. The first-order valence-electron chi connectivity index (χ1n) is 8.70. The maximum Gasteiger partial charge on any atom is 0.223 e. The van der Waals surface area contributed by atoms with E-state index in [-0.39, 0.29) is 12.0 Å². The lowest BCUT2D eigenvalue weighted by atomic mass is 10.1. The first-order valence-corrected chi connectivity index (χ1v) is 8.70. The summed E-state index contributed by atoms with van der Waals surface area (Å²) in [4.78, 5) is 22.2. The summed E-state index contributed by atoms with van der Waals surface area (Å²) < 4.78 is 10.9. The molecule has 2 aromatic rings. The molecule has 25 heavy (non-hydrogen) atoms. The number of rotatable bonds is 6. The number of fused-ring (bicyclic) bond motifs is 1. The van der Waals surface area contributed by atoms with E-state index in [1.165, 1.54) is 0 Å². The van der Waals surface area contributed by atoms with Crippen LogP contribution < -0.4 is 10.1 Å². The summed E-state index contributed by atoms with van der Waals surface area (Å²) in [5, 5.41) is 2.92. The van der Waals surface area contributed by atoms with Gasteiger partial charge in [0.05, 0.1) is 43.8 Å². The van der Waals surface area contributed by atoms with Crippen molar-refractivity contribution in [1.82, 2.24) is 20.2 Å². The fourth-order valence-electron chi connectivity index (χ4n) is 3.05. The van der Waals surface area contributed by atoms with Crippen molar-refractivity contribution in [2.24, 2.45) is 0 Å². The summed E-state index contributed by atoms with van der Waals surface area (Å²) in [6.45, 7) is 7.11. The standard InChI is InChI=1S/C18H26N4O3/c1-12(2)22-6-7-25-14(11-22)9-18(23)19-10-17-20-15-5-4-13(24-3)8-16(15)21-17/h4-5,8,12,14H,6-7,9-11H2,1-3H3,(H,19,23)(H,20,21). The second kappa shape index (κ2) is 7.84. The number of hydrogen-bond donors (Lipinski definition) is 2. The fourth-order valence-corrected chi connectivity index (χ4v) is 3.05. The van der Waals surface area contributed by atoms with Gasteiger partial charge in [0.1, 0.15) is 11.6 Å². The third-order valence-electron chi connectivity index (χ3n) is 4.50. The van der Waals surface area contributed by atoms with E-state index in [1.807, 2.05) is 18.2 Å². The number of hydrogen-bond acceptors (Lipinski definition) is 5. The molecule has 1 unspecified atom stereocenters. The number of benzene rings is 1. The molecular formula is C18H26N4O3. The van der Waals surface area contributed by atoms with Crippen LogP contribution in [0.1, 0.15) is 26.1 Å². The number of aromatic amines is 1. The largest absolute Gasteiger partial charge is 0.497 e. The summed E-state index contributed by atoms with van der Waals surface area (Å²) >= 11 is 0. The van der Waals surface area contributed by atoms with Gasteiger partial charge in [0, 0.05) is 25.2 Å². The van der Waals surface area contributed by atoms with Crippen molar-refractivity contribution in [2.75, 3.05) is 26.8 Å². The highest BCUT2D eigenvalue weighted by molar-refractivity contribution is 5.78. The van der Waals surface area contributed by atoms with Crippen molar-refractivity contribution in [3.63, 3.8) is 0 Å². The zero-order chi connectivity index (χ0) is 17.8. The minimum absolute atomic E-state index is 0.0198. The Morgan fingerprint density at radius 1 is 1.52 bits per heavy atom. The minimum atomic E-state index is -0.0453. The number of methoxy groups -OCH3 is 1. The Hall–Kier alpha value is -2.12.